The molecular formula is C18H28ClN3O3S. The van der Waals surface area contributed by atoms with Gasteiger partial charge in [0.25, 0.3) is 0 Å². The van der Waals surface area contributed by atoms with Gasteiger partial charge in [0.1, 0.15) is 0 Å². The molecule has 0 aromatic heterocycles. The van der Waals surface area contributed by atoms with Crippen molar-refractivity contribution in [3.63, 3.8) is 0 Å². The molecule has 2 atom stereocenters. The molecule has 0 aliphatic carbocycles. The quantitative estimate of drug-likeness (QED) is 0.811. The first-order chi connectivity index (χ1) is 12.0. The Labute approximate surface area is 162 Å². The summed E-state index contributed by atoms with van der Waals surface area (Å²) in [6.45, 7) is 2.57. The predicted octanol–water partition coefficient (Wildman–Crippen LogP) is 1.47. The molecule has 1 aromatic carbocycles. The van der Waals surface area contributed by atoms with Gasteiger partial charge in [0.2, 0.25) is 15.9 Å². The second-order valence-corrected chi connectivity index (χ2v) is 9.00. The zero-order valence-electron chi connectivity index (χ0n) is 15.1. The summed E-state index contributed by atoms with van der Waals surface area (Å²) in [7, 11) is -1.55. The molecule has 146 valence electrons. The number of rotatable bonds is 5. The van der Waals surface area contributed by atoms with E-state index in [2.05, 4.69) is 5.32 Å². The van der Waals surface area contributed by atoms with E-state index in [9.17, 15) is 13.2 Å². The molecule has 0 saturated carbocycles. The van der Waals surface area contributed by atoms with Crippen molar-refractivity contribution in [2.45, 2.75) is 31.1 Å². The molecule has 2 heterocycles. The van der Waals surface area contributed by atoms with Crippen LogP contribution in [0.5, 0.6) is 0 Å². The van der Waals surface area contributed by atoms with Crippen molar-refractivity contribution >= 4 is 28.3 Å². The Balaban J connectivity index is 0.00000243. The van der Waals surface area contributed by atoms with E-state index < -0.39 is 10.0 Å². The molecule has 8 heteroatoms. The van der Waals surface area contributed by atoms with Gasteiger partial charge in [-0.2, -0.15) is 0 Å². The summed E-state index contributed by atoms with van der Waals surface area (Å²) < 4.78 is 27.0. The molecule has 26 heavy (non-hydrogen) atoms. The molecule has 1 N–H and O–H groups in total. The number of likely N-dealkylation sites (N-methyl/N-ethyl adjacent to an activating group) is 1. The van der Waals surface area contributed by atoms with E-state index in [-0.39, 0.29) is 36.0 Å². The third-order valence-electron chi connectivity index (χ3n) is 5.25. The lowest BCUT2D eigenvalue weighted by atomic mass is 9.97. The summed E-state index contributed by atoms with van der Waals surface area (Å²) in [6, 6.07) is 9.44. The second kappa shape index (κ2) is 9.17. The van der Waals surface area contributed by atoms with E-state index in [1.807, 2.05) is 42.3 Å². The average Bonchev–Trinajstić information content (AvgIpc) is 3.16. The second-order valence-electron chi connectivity index (χ2n) is 7.03. The SMILES string of the molecule is CN(C(=O)C1CCCN(S(=O)(=O)Cc2ccccc2)C1)C1CCNC1.Cl. The maximum absolute atomic E-state index is 12.8. The van der Waals surface area contributed by atoms with Gasteiger partial charge in [-0.25, -0.2) is 12.7 Å². The number of hydrogen-bond donors (Lipinski definition) is 1. The minimum absolute atomic E-state index is 0. The zero-order valence-corrected chi connectivity index (χ0v) is 16.8. The summed E-state index contributed by atoms with van der Waals surface area (Å²) in [6.07, 6.45) is 2.47. The van der Waals surface area contributed by atoms with Crippen molar-refractivity contribution < 1.29 is 13.2 Å². The first kappa shape index (κ1) is 21.2. The Morgan fingerprint density at radius 2 is 2.00 bits per heavy atom. The van der Waals surface area contributed by atoms with Crippen molar-refractivity contribution in [2.75, 3.05) is 33.2 Å². The minimum atomic E-state index is -3.40. The molecule has 2 saturated heterocycles. The Hall–Kier alpha value is -1.15. The third kappa shape index (κ3) is 4.97. The van der Waals surface area contributed by atoms with Crippen molar-refractivity contribution in [1.82, 2.24) is 14.5 Å². The number of piperidine rings is 1. The number of benzene rings is 1. The highest BCUT2D eigenvalue weighted by Crippen LogP contribution is 2.24. The van der Waals surface area contributed by atoms with Crippen LogP contribution >= 0.6 is 12.4 Å². The number of halogens is 1. The molecule has 0 radical (unpaired) electrons. The Kier molecular flexibility index (Phi) is 7.46. The minimum Gasteiger partial charge on any atom is -0.341 e. The van der Waals surface area contributed by atoms with Crippen molar-refractivity contribution in [3.8, 4) is 0 Å². The van der Waals surface area contributed by atoms with E-state index in [0.717, 1.165) is 37.9 Å². The van der Waals surface area contributed by atoms with Crippen molar-refractivity contribution in [3.05, 3.63) is 35.9 Å². The molecule has 0 bridgehead atoms. The van der Waals surface area contributed by atoms with E-state index in [1.165, 1.54) is 4.31 Å². The summed E-state index contributed by atoms with van der Waals surface area (Å²) in [4.78, 5) is 14.6. The van der Waals surface area contributed by atoms with Crippen LogP contribution in [0.2, 0.25) is 0 Å². The number of carbonyl (C=O) groups is 1. The number of hydrogen-bond acceptors (Lipinski definition) is 4. The first-order valence-electron chi connectivity index (χ1n) is 8.96. The van der Waals surface area contributed by atoms with Crippen LogP contribution in [0.4, 0.5) is 0 Å². The molecule has 0 spiro atoms. The van der Waals surface area contributed by atoms with E-state index in [1.54, 1.807) is 0 Å². The molecule has 2 aliphatic rings. The summed E-state index contributed by atoms with van der Waals surface area (Å²) in [5.74, 6) is -0.157. The Morgan fingerprint density at radius 3 is 2.65 bits per heavy atom. The van der Waals surface area contributed by atoms with E-state index in [0.29, 0.717) is 13.1 Å². The molecule has 1 amide bonds. The molecule has 2 fully saturated rings. The molecule has 2 unspecified atom stereocenters. The van der Waals surface area contributed by atoms with Crippen molar-refractivity contribution in [2.24, 2.45) is 5.92 Å². The molecule has 3 rings (SSSR count). The van der Waals surface area contributed by atoms with Crippen LogP contribution in [0.1, 0.15) is 24.8 Å². The smallest absolute Gasteiger partial charge is 0.227 e. The fraction of sp³-hybridized carbons (Fsp3) is 0.611. The highest BCUT2D eigenvalue weighted by molar-refractivity contribution is 7.88. The lowest BCUT2D eigenvalue weighted by Crippen LogP contribution is -2.48. The lowest BCUT2D eigenvalue weighted by molar-refractivity contribution is -0.137. The maximum Gasteiger partial charge on any atom is 0.227 e. The monoisotopic (exact) mass is 401 g/mol. The van der Waals surface area contributed by atoms with E-state index in [4.69, 9.17) is 0 Å². The van der Waals surface area contributed by atoms with Gasteiger partial charge in [0, 0.05) is 32.7 Å². The zero-order chi connectivity index (χ0) is 17.9. The van der Waals surface area contributed by atoms with Gasteiger partial charge in [-0.15, -0.1) is 12.4 Å². The van der Waals surface area contributed by atoms with Crippen LogP contribution in [0.3, 0.4) is 0 Å². The van der Waals surface area contributed by atoms with Gasteiger partial charge in [0.05, 0.1) is 11.7 Å². The lowest BCUT2D eigenvalue weighted by Gasteiger charge is -2.35. The summed E-state index contributed by atoms with van der Waals surface area (Å²) in [5, 5.41) is 3.27. The summed E-state index contributed by atoms with van der Waals surface area (Å²) >= 11 is 0. The van der Waals surface area contributed by atoms with Crippen LogP contribution in [0.25, 0.3) is 0 Å². The van der Waals surface area contributed by atoms with Gasteiger partial charge in [-0.1, -0.05) is 30.3 Å². The average molecular weight is 402 g/mol. The predicted molar refractivity (Wildman–Crippen MR) is 105 cm³/mol. The van der Waals surface area contributed by atoms with Crippen LogP contribution < -0.4 is 5.32 Å². The van der Waals surface area contributed by atoms with E-state index >= 15 is 0 Å². The number of nitrogens with one attached hydrogen (secondary N) is 1. The van der Waals surface area contributed by atoms with Crippen LogP contribution in [0, 0.1) is 5.92 Å². The van der Waals surface area contributed by atoms with Crippen LogP contribution in [0.15, 0.2) is 30.3 Å². The molecule has 1 aromatic rings. The molecular weight excluding hydrogens is 374 g/mol. The maximum atomic E-state index is 12.8. The molecule has 6 nitrogen and oxygen atoms in total. The largest absolute Gasteiger partial charge is 0.341 e. The number of carbonyl (C=O) groups excluding carboxylic acids is 1. The topological polar surface area (TPSA) is 69.7 Å². The van der Waals surface area contributed by atoms with Crippen molar-refractivity contribution in [1.29, 1.82) is 0 Å². The third-order valence-corrected chi connectivity index (χ3v) is 7.06. The van der Waals surface area contributed by atoms with Gasteiger partial charge in [0.15, 0.2) is 0 Å². The summed E-state index contributed by atoms with van der Waals surface area (Å²) in [5.41, 5.74) is 0.782. The number of sulfonamides is 1. The van der Waals surface area contributed by atoms with Gasteiger partial charge in [-0.05, 0) is 31.4 Å². The fourth-order valence-electron chi connectivity index (χ4n) is 3.71. The highest BCUT2D eigenvalue weighted by atomic mass is 35.5. The van der Waals surface area contributed by atoms with Crippen LogP contribution in [-0.2, 0) is 20.6 Å². The van der Waals surface area contributed by atoms with Gasteiger partial charge in [-0.3, -0.25) is 4.79 Å². The number of nitrogens with zero attached hydrogens (tertiary/aromatic N) is 2. The van der Waals surface area contributed by atoms with Gasteiger partial charge < -0.3 is 10.2 Å². The van der Waals surface area contributed by atoms with Gasteiger partial charge >= 0.3 is 0 Å². The normalized spacial score (nSPS) is 24.0. The Bertz CT molecular complexity index is 693. The fourth-order valence-corrected chi connectivity index (χ4v) is 5.32. The standard InChI is InChI=1S/C18H27N3O3S.ClH/c1-20(17-9-10-19-12-17)18(22)16-8-5-11-21(13-16)25(23,24)14-15-6-3-2-4-7-15;/h2-4,6-7,16-17,19H,5,8-14H2,1H3;1H. The number of amides is 1. The van der Waals surface area contributed by atoms with Crippen LogP contribution in [-0.4, -0.2) is 62.8 Å². The first-order valence-corrected chi connectivity index (χ1v) is 10.6. The Morgan fingerprint density at radius 1 is 1.27 bits per heavy atom. The molecule has 2 aliphatic heterocycles. The highest BCUT2D eigenvalue weighted by Gasteiger charge is 2.35.